The second-order valence-electron chi connectivity index (χ2n) is 6.37. The lowest BCUT2D eigenvalue weighted by Gasteiger charge is -2.22. The fourth-order valence-electron chi connectivity index (χ4n) is 3.81. The number of amides is 2. The van der Waals surface area contributed by atoms with E-state index >= 15 is 0 Å². The molecule has 6 nitrogen and oxygen atoms in total. The van der Waals surface area contributed by atoms with Gasteiger partial charge >= 0.3 is 0 Å². The predicted molar refractivity (Wildman–Crippen MR) is 94.4 cm³/mol. The molecule has 0 aliphatic carbocycles. The van der Waals surface area contributed by atoms with Crippen LogP contribution in [0.4, 0.5) is 11.6 Å². The molecule has 0 bridgehead atoms. The number of benzene rings is 2. The van der Waals surface area contributed by atoms with E-state index in [-0.39, 0.29) is 18.2 Å². The molecule has 0 N–H and O–H groups in total. The van der Waals surface area contributed by atoms with Crippen molar-refractivity contribution in [2.45, 2.75) is 19.0 Å². The van der Waals surface area contributed by atoms with Gasteiger partial charge in [0, 0.05) is 13.1 Å². The zero-order valence-corrected chi connectivity index (χ0v) is 13.5. The van der Waals surface area contributed by atoms with Crippen LogP contribution in [-0.2, 0) is 16.1 Å². The molecule has 1 unspecified atom stereocenters. The van der Waals surface area contributed by atoms with Gasteiger partial charge in [0.15, 0.2) is 0 Å². The molecule has 1 aromatic heterocycles. The molecule has 0 saturated carbocycles. The molecule has 1 atom stereocenters. The summed E-state index contributed by atoms with van der Waals surface area (Å²) in [6.07, 6.45) is 0.191. The summed E-state index contributed by atoms with van der Waals surface area (Å²) < 4.78 is 2.12. The summed E-state index contributed by atoms with van der Waals surface area (Å²) in [4.78, 5) is 33.4. The van der Waals surface area contributed by atoms with Crippen molar-refractivity contribution in [1.29, 1.82) is 0 Å². The summed E-state index contributed by atoms with van der Waals surface area (Å²) in [6, 6.07) is 16.6. The Morgan fingerprint density at radius 1 is 0.920 bits per heavy atom. The van der Waals surface area contributed by atoms with E-state index in [9.17, 15) is 9.59 Å². The number of carbonyl (C=O) groups is 2. The van der Waals surface area contributed by atoms with Crippen molar-refractivity contribution in [2.24, 2.45) is 0 Å². The lowest BCUT2D eigenvalue weighted by molar-refractivity contribution is -0.121. The summed E-state index contributed by atoms with van der Waals surface area (Å²) in [7, 11) is 0. The molecule has 2 amide bonds. The molecule has 2 aromatic carbocycles. The highest BCUT2D eigenvalue weighted by molar-refractivity contribution is 6.23. The number of rotatable bonds is 2. The number of hydrogen-bond donors (Lipinski definition) is 0. The van der Waals surface area contributed by atoms with E-state index in [1.165, 1.54) is 4.90 Å². The Balaban J connectivity index is 1.52. The molecule has 3 heterocycles. The van der Waals surface area contributed by atoms with E-state index in [0.29, 0.717) is 12.2 Å². The van der Waals surface area contributed by atoms with Crippen molar-refractivity contribution in [1.82, 2.24) is 9.55 Å². The Kier molecular flexibility index (Phi) is 2.94. The Bertz CT molecular complexity index is 995. The predicted octanol–water partition coefficient (Wildman–Crippen LogP) is 2.19. The van der Waals surface area contributed by atoms with Crippen LogP contribution in [0, 0.1) is 0 Å². The Morgan fingerprint density at radius 3 is 2.52 bits per heavy atom. The molecule has 25 heavy (non-hydrogen) atoms. The molecule has 2 aliphatic heterocycles. The van der Waals surface area contributed by atoms with Gasteiger partial charge in [-0.15, -0.1) is 0 Å². The van der Waals surface area contributed by atoms with Gasteiger partial charge in [-0.1, -0.05) is 30.3 Å². The Hall–Kier alpha value is -3.15. The van der Waals surface area contributed by atoms with Gasteiger partial charge in [0.05, 0.1) is 23.1 Å². The van der Waals surface area contributed by atoms with Crippen molar-refractivity contribution in [3.63, 3.8) is 0 Å². The second kappa shape index (κ2) is 5.17. The van der Waals surface area contributed by atoms with Crippen LogP contribution in [0.25, 0.3) is 11.0 Å². The van der Waals surface area contributed by atoms with Gasteiger partial charge in [0.1, 0.15) is 6.04 Å². The van der Waals surface area contributed by atoms with Crippen LogP contribution in [0.2, 0.25) is 0 Å². The molecular formula is C19H16N4O2. The third-order valence-corrected chi connectivity index (χ3v) is 4.97. The SMILES string of the molecule is O=C1CC(N2CCn3c2nc2ccccc23)C(=O)N1c1ccccc1. The van der Waals surface area contributed by atoms with E-state index in [0.717, 1.165) is 23.5 Å². The average Bonchev–Trinajstić information content (AvgIpc) is 3.27. The Morgan fingerprint density at radius 2 is 1.68 bits per heavy atom. The zero-order chi connectivity index (χ0) is 17.0. The van der Waals surface area contributed by atoms with E-state index in [1.807, 2.05) is 47.4 Å². The minimum Gasteiger partial charge on any atom is -0.328 e. The summed E-state index contributed by atoms with van der Waals surface area (Å²) in [5.41, 5.74) is 2.61. The highest BCUT2D eigenvalue weighted by Crippen LogP contribution is 2.33. The van der Waals surface area contributed by atoms with Gasteiger partial charge in [0.2, 0.25) is 11.9 Å². The topological polar surface area (TPSA) is 58.4 Å². The first kappa shape index (κ1) is 14.2. The number of fused-ring (bicyclic) bond motifs is 3. The minimum atomic E-state index is -0.481. The number of hydrogen-bond acceptors (Lipinski definition) is 4. The van der Waals surface area contributed by atoms with Crippen molar-refractivity contribution in [2.75, 3.05) is 16.3 Å². The quantitative estimate of drug-likeness (QED) is 0.675. The van der Waals surface area contributed by atoms with Gasteiger partial charge in [-0.05, 0) is 24.3 Å². The smallest absolute Gasteiger partial charge is 0.257 e. The lowest BCUT2D eigenvalue weighted by atomic mass is 10.2. The maximum atomic E-state index is 13.0. The van der Waals surface area contributed by atoms with E-state index in [2.05, 4.69) is 9.55 Å². The second-order valence-corrected chi connectivity index (χ2v) is 6.37. The molecule has 124 valence electrons. The molecule has 0 radical (unpaired) electrons. The third-order valence-electron chi connectivity index (χ3n) is 4.97. The van der Waals surface area contributed by atoms with E-state index < -0.39 is 6.04 Å². The summed E-state index contributed by atoms with van der Waals surface area (Å²) >= 11 is 0. The standard InChI is InChI=1S/C19H16N4O2/c24-17-12-16(18(25)23(17)13-6-2-1-3-7-13)22-11-10-21-15-9-5-4-8-14(15)20-19(21)22/h1-9,16H,10-12H2. The number of aromatic nitrogens is 2. The maximum absolute atomic E-state index is 13.0. The van der Waals surface area contributed by atoms with Gasteiger partial charge in [-0.25, -0.2) is 9.88 Å². The molecule has 2 aliphatic rings. The van der Waals surface area contributed by atoms with Gasteiger partial charge in [-0.3, -0.25) is 9.59 Å². The van der Waals surface area contributed by atoms with Gasteiger partial charge in [-0.2, -0.15) is 0 Å². The summed E-state index contributed by atoms with van der Waals surface area (Å²) in [5.74, 6) is 0.453. The fraction of sp³-hybridized carbons (Fsp3) is 0.211. The minimum absolute atomic E-state index is 0.157. The number of para-hydroxylation sites is 3. The van der Waals surface area contributed by atoms with Crippen molar-refractivity contribution in [3.05, 3.63) is 54.6 Å². The first-order valence-electron chi connectivity index (χ1n) is 8.38. The van der Waals surface area contributed by atoms with Crippen LogP contribution in [0.15, 0.2) is 54.6 Å². The highest BCUT2D eigenvalue weighted by Gasteiger charge is 2.45. The molecular weight excluding hydrogens is 316 g/mol. The van der Waals surface area contributed by atoms with Crippen LogP contribution < -0.4 is 9.80 Å². The normalized spacial score (nSPS) is 19.9. The zero-order valence-electron chi connectivity index (χ0n) is 13.5. The van der Waals surface area contributed by atoms with Crippen LogP contribution in [0.5, 0.6) is 0 Å². The largest absolute Gasteiger partial charge is 0.328 e. The van der Waals surface area contributed by atoms with Crippen molar-refractivity contribution >= 4 is 34.5 Å². The maximum Gasteiger partial charge on any atom is 0.257 e. The number of anilines is 2. The van der Waals surface area contributed by atoms with Gasteiger partial charge < -0.3 is 9.47 Å². The molecule has 0 spiro atoms. The Labute approximate surface area is 144 Å². The van der Waals surface area contributed by atoms with Crippen LogP contribution >= 0.6 is 0 Å². The number of nitrogens with zero attached hydrogens (tertiary/aromatic N) is 4. The molecule has 5 rings (SSSR count). The first-order valence-corrected chi connectivity index (χ1v) is 8.38. The first-order chi connectivity index (χ1) is 12.2. The molecule has 6 heteroatoms. The number of imide groups is 1. The number of imidazole rings is 1. The fourth-order valence-corrected chi connectivity index (χ4v) is 3.81. The van der Waals surface area contributed by atoms with E-state index in [4.69, 9.17) is 0 Å². The van der Waals surface area contributed by atoms with Crippen LogP contribution in [-0.4, -0.2) is 34.0 Å². The van der Waals surface area contributed by atoms with Crippen molar-refractivity contribution < 1.29 is 9.59 Å². The van der Waals surface area contributed by atoms with E-state index in [1.54, 1.807) is 12.1 Å². The molecule has 1 fully saturated rings. The van der Waals surface area contributed by atoms with Crippen molar-refractivity contribution in [3.8, 4) is 0 Å². The summed E-state index contributed by atoms with van der Waals surface area (Å²) in [6.45, 7) is 1.47. The van der Waals surface area contributed by atoms with Gasteiger partial charge in [0.25, 0.3) is 5.91 Å². The third kappa shape index (κ3) is 2.00. The molecule has 3 aromatic rings. The number of carbonyl (C=O) groups excluding carboxylic acids is 2. The monoisotopic (exact) mass is 332 g/mol. The van der Waals surface area contributed by atoms with Crippen LogP contribution in [0.3, 0.4) is 0 Å². The summed E-state index contributed by atoms with van der Waals surface area (Å²) in [5, 5.41) is 0. The average molecular weight is 332 g/mol. The lowest BCUT2D eigenvalue weighted by Crippen LogP contribution is -2.41. The molecule has 1 saturated heterocycles. The highest BCUT2D eigenvalue weighted by atomic mass is 16.2. The van der Waals surface area contributed by atoms with Crippen LogP contribution in [0.1, 0.15) is 6.42 Å².